The van der Waals surface area contributed by atoms with Gasteiger partial charge in [-0.1, -0.05) is 17.7 Å². The van der Waals surface area contributed by atoms with Gasteiger partial charge in [-0.2, -0.15) is 0 Å². The Morgan fingerprint density at radius 3 is 3.06 bits per heavy atom. The van der Waals surface area contributed by atoms with Gasteiger partial charge in [0.25, 0.3) is 0 Å². The first-order valence-corrected chi connectivity index (χ1v) is 6.20. The highest BCUT2D eigenvalue weighted by Crippen LogP contribution is 2.18. The number of likely N-dealkylation sites (N-methyl/N-ethyl adjacent to an activating group) is 1. The maximum absolute atomic E-state index is 10.7. The Morgan fingerprint density at radius 1 is 1.56 bits per heavy atom. The molecule has 1 unspecified atom stereocenters. The Morgan fingerprint density at radius 2 is 2.39 bits per heavy atom. The molecule has 0 spiro atoms. The quantitative estimate of drug-likeness (QED) is 0.699. The van der Waals surface area contributed by atoms with Crippen LogP contribution in [0.1, 0.15) is 19.8 Å². The van der Waals surface area contributed by atoms with E-state index in [0.717, 1.165) is 19.1 Å². The molecule has 0 amide bonds. The number of ether oxygens (including phenoxy) is 1. The van der Waals surface area contributed by atoms with Crippen LogP contribution in [-0.4, -0.2) is 37.7 Å². The van der Waals surface area contributed by atoms with Gasteiger partial charge in [-0.3, -0.25) is 0 Å². The zero-order chi connectivity index (χ0) is 13.0. The molecule has 1 aliphatic carbocycles. The fourth-order valence-electron chi connectivity index (χ4n) is 2.07. The van der Waals surface area contributed by atoms with Crippen molar-refractivity contribution in [1.29, 1.82) is 0 Å². The lowest BCUT2D eigenvalue weighted by atomic mass is 10.0. The molecule has 0 aromatic rings. The fourth-order valence-corrected chi connectivity index (χ4v) is 2.07. The Kier molecular flexibility index (Phi) is 4.33. The first kappa shape index (κ1) is 13.1. The molecular formula is C14H19NO3. The molecule has 4 nitrogen and oxygen atoms in total. The zero-order valence-corrected chi connectivity index (χ0v) is 10.9. The second-order valence-electron chi connectivity index (χ2n) is 4.70. The van der Waals surface area contributed by atoms with E-state index >= 15 is 0 Å². The van der Waals surface area contributed by atoms with Crippen molar-refractivity contribution >= 4 is 6.29 Å². The van der Waals surface area contributed by atoms with E-state index in [2.05, 4.69) is 19.1 Å². The average molecular weight is 249 g/mol. The molecule has 0 aromatic heterocycles. The summed E-state index contributed by atoms with van der Waals surface area (Å²) in [6, 6.07) is -0.292. The molecular weight excluding hydrogens is 230 g/mol. The maximum Gasteiger partial charge on any atom is 0.148 e. The van der Waals surface area contributed by atoms with Gasteiger partial charge in [0.15, 0.2) is 0 Å². The van der Waals surface area contributed by atoms with Crippen LogP contribution in [0.4, 0.5) is 0 Å². The van der Waals surface area contributed by atoms with Crippen LogP contribution < -0.4 is 0 Å². The molecule has 2 aliphatic rings. The molecule has 0 N–H and O–H groups in total. The molecule has 0 fully saturated rings. The SMILES string of the molecule is CC1=CC(COCC2=CC(C=O)N(C)O2)=CCC1. The summed E-state index contributed by atoms with van der Waals surface area (Å²) in [5.74, 6) is 0.701. The number of allylic oxidation sites excluding steroid dienone is 2. The molecule has 1 atom stereocenters. The molecule has 0 bridgehead atoms. The van der Waals surface area contributed by atoms with E-state index in [1.54, 1.807) is 13.1 Å². The van der Waals surface area contributed by atoms with Crippen molar-refractivity contribution < 1.29 is 14.4 Å². The summed E-state index contributed by atoms with van der Waals surface area (Å²) in [7, 11) is 1.73. The molecule has 98 valence electrons. The lowest BCUT2D eigenvalue weighted by Crippen LogP contribution is -2.25. The molecule has 0 radical (unpaired) electrons. The van der Waals surface area contributed by atoms with Gasteiger partial charge in [0.2, 0.25) is 0 Å². The minimum absolute atomic E-state index is 0.292. The van der Waals surface area contributed by atoms with E-state index in [4.69, 9.17) is 9.57 Å². The van der Waals surface area contributed by atoms with E-state index in [1.165, 1.54) is 16.2 Å². The topological polar surface area (TPSA) is 38.8 Å². The Bertz CT molecular complexity index is 409. The van der Waals surface area contributed by atoms with Crippen molar-refractivity contribution in [3.63, 3.8) is 0 Å². The lowest BCUT2D eigenvalue weighted by molar-refractivity contribution is -0.130. The molecule has 0 saturated heterocycles. The molecule has 2 rings (SSSR count). The first-order chi connectivity index (χ1) is 8.69. The van der Waals surface area contributed by atoms with Gasteiger partial charge in [0.1, 0.15) is 24.7 Å². The van der Waals surface area contributed by atoms with Gasteiger partial charge < -0.3 is 14.4 Å². The van der Waals surface area contributed by atoms with E-state index in [9.17, 15) is 4.79 Å². The predicted octanol–water partition coefficient (Wildman–Crippen LogP) is 2.00. The third-order valence-electron chi connectivity index (χ3n) is 3.07. The molecule has 1 heterocycles. The summed E-state index contributed by atoms with van der Waals surface area (Å²) in [6.07, 6.45) is 9.25. The fraction of sp³-hybridized carbons (Fsp3) is 0.500. The van der Waals surface area contributed by atoms with Crippen LogP contribution in [0.3, 0.4) is 0 Å². The minimum Gasteiger partial charge on any atom is -0.407 e. The summed E-state index contributed by atoms with van der Waals surface area (Å²) >= 11 is 0. The van der Waals surface area contributed by atoms with Crippen LogP contribution in [-0.2, 0) is 14.4 Å². The van der Waals surface area contributed by atoms with E-state index in [1.807, 2.05) is 0 Å². The van der Waals surface area contributed by atoms with Gasteiger partial charge in [0, 0.05) is 7.05 Å². The van der Waals surface area contributed by atoms with Gasteiger partial charge in [-0.15, -0.1) is 5.06 Å². The smallest absolute Gasteiger partial charge is 0.148 e. The van der Waals surface area contributed by atoms with Crippen LogP contribution in [0.15, 0.2) is 35.1 Å². The van der Waals surface area contributed by atoms with Crippen molar-refractivity contribution in [2.75, 3.05) is 20.3 Å². The van der Waals surface area contributed by atoms with Crippen LogP contribution in [0.2, 0.25) is 0 Å². The molecule has 1 aliphatic heterocycles. The Hall–Kier alpha value is -1.39. The number of nitrogens with zero attached hydrogens (tertiary/aromatic N) is 1. The van der Waals surface area contributed by atoms with E-state index in [-0.39, 0.29) is 6.04 Å². The number of hydroxylamine groups is 2. The van der Waals surface area contributed by atoms with Gasteiger partial charge in [-0.05, 0) is 31.4 Å². The highest BCUT2D eigenvalue weighted by atomic mass is 16.7. The standard InChI is InChI=1S/C14H19NO3/c1-11-4-3-5-12(6-11)9-17-10-14-7-13(8-16)15(2)18-14/h5-8,13H,3-4,9-10H2,1-2H3. The summed E-state index contributed by atoms with van der Waals surface area (Å²) in [5.41, 5.74) is 2.62. The normalized spacial score (nSPS) is 24.1. The monoisotopic (exact) mass is 249 g/mol. The third-order valence-corrected chi connectivity index (χ3v) is 3.07. The lowest BCUT2D eigenvalue weighted by Gasteiger charge is -2.14. The Labute approximate surface area is 108 Å². The molecule has 0 aromatic carbocycles. The largest absolute Gasteiger partial charge is 0.407 e. The van der Waals surface area contributed by atoms with Crippen molar-refractivity contribution in [3.05, 3.63) is 35.1 Å². The highest BCUT2D eigenvalue weighted by molar-refractivity contribution is 5.61. The molecule has 4 heteroatoms. The first-order valence-electron chi connectivity index (χ1n) is 6.20. The van der Waals surface area contributed by atoms with Crippen LogP contribution in [0.25, 0.3) is 0 Å². The van der Waals surface area contributed by atoms with Crippen molar-refractivity contribution in [1.82, 2.24) is 5.06 Å². The maximum atomic E-state index is 10.7. The molecule has 18 heavy (non-hydrogen) atoms. The molecule has 0 saturated carbocycles. The predicted molar refractivity (Wildman–Crippen MR) is 68.7 cm³/mol. The number of rotatable bonds is 5. The number of carbonyl (C=O) groups excluding carboxylic acids is 1. The highest BCUT2D eigenvalue weighted by Gasteiger charge is 2.22. The second kappa shape index (κ2) is 5.98. The van der Waals surface area contributed by atoms with E-state index in [0.29, 0.717) is 19.0 Å². The van der Waals surface area contributed by atoms with Crippen molar-refractivity contribution in [3.8, 4) is 0 Å². The number of aldehydes is 1. The van der Waals surface area contributed by atoms with E-state index < -0.39 is 0 Å². The average Bonchev–Trinajstić information content (AvgIpc) is 2.70. The van der Waals surface area contributed by atoms with Crippen molar-refractivity contribution in [2.45, 2.75) is 25.8 Å². The van der Waals surface area contributed by atoms with Crippen molar-refractivity contribution in [2.24, 2.45) is 0 Å². The minimum atomic E-state index is -0.292. The van der Waals surface area contributed by atoms with Gasteiger partial charge in [0.05, 0.1) is 6.61 Å². The third kappa shape index (κ3) is 3.31. The summed E-state index contributed by atoms with van der Waals surface area (Å²) in [6.45, 7) is 3.13. The zero-order valence-electron chi connectivity index (χ0n) is 10.9. The Balaban J connectivity index is 1.76. The summed E-state index contributed by atoms with van der Waals surface area (Å²) in [4.78, 5) is 16.1. The number of hydrogen-bond donors (Lipinski definition) is 0. The van der Waals surface area contributed by atoms with Crippen LogP contribution in [0.5, 0.6) is 0 Å². The van der Waals surface area contributed by atoms with Gasteiger partial charge >= 0.3 is 0 Å². The van der Waals surface area contributed by atoms with Gasteiger partial charge in [-0.25, -0.2) is 0 Å². The second-order valence-corrected chi connectivity index (χ2v) is 4.70. The number of carbonyl (C=O) groups is 1. The van der Waals surface area contributed by atoms with Crippen LogP contribution >= 0.6 is 0 Å². The summed E-state index contributed by atoms with van der Waals surface area (Å²) in [5, 5.41) is 1.52. The summed E-state index contributed by atoms with van der Waals surface area (Å²) < 4.78 is 5.60. The van der Waals surface area contributed by atoms with Crippen LogP contribution in [0, 0.1) is 0 Å². The number of hydrogen-bond acceptors (Lipinski definition) is 4.